The van der Waals surface area contributed by atoms with Gasteiger partial charge < -0.3 is 10.0 Å². The molecular formula is C17H17BrN2O. The Balaban J connectivity index is 2.18. The fourth-order valence-electron chi connectivity index (χ4n) is 2.20. The minimum Gasteiger partial charge on any atom is -0.389 e. The van der Waals surface area contributed by atoms with E-state index >= 15 is 0 Å². The summed E-state index contributed by atoms with van der Waals surface area (Å²) >= 11 is 3.49. The van der Waals surface area contributed by atoms with Crippen molar-refractivity contribution in [3.63, 3.8) is 0 Å². The van der Waals surface area contributed by atoms with Crippen molar-refractivity contribution in [2.45, 2.75) is 19.6 Å². The van der Waals surface area contributed by atoms with E-state index in [4.69, 9.17) is 5.26 Å². The average Bonchev–Trinajstić information content (AvgIpc) is 2.46. The fourth-order valence-corrected chi connectivity index (χ4v) is 2.89. The molecule has 2 rings (SSSR count). The molecule has 0 saturated heterocycles. The molecule has 0 saturated carbocycles. The van der Waals surface area contributed by atoms with Crippen molar-refractivity contribution in [2.75, 3.05) is 11.9 Å². The van der Waals surface area contributed by atoms with Crippen LogP contribution >= 0.6 is 15.9 Å². The van der Waals surface area contributed by atoms with Crippen molar-refractivity contribution < 1.29 is 5.11 Å². The van der Waals surface area contributed by atoms with Gasteiger partial charge in [-0.2, -0.15) is 5.26 Å². The molecular weight excluding hydrogens is 328 g/mol. The molecule has 108 valence electrons. The van der Waals surface area contributed by atoms with Crippen LogP contribution in [0.5, 0.6) is 0 Å². The molecule has 4 heteroatoms. The number of nitriles is 1. The van der Waals surface area contributed by atoms with Crippen LogP contribution in [0.25, 0.3) is 0 Å². The van der Waals surface area contributed by atoms with Crippen molar-refractivity contribution in [1.29, 1.82) is 5.26 Å². The van der Waals surface area contributed by atoms with Crippen molar-refractivity contribution in [2.24, 2.45) is 0 Å². The van der Waals surface area contributed by atoms with E-state index in [0.717, 1.165) is 27.8 Å². The Morgan fingerprint density at radius 1 is 1.29 bits per heavy atom. The monoisotopic (exact) mass is 344 g/mol. The molecule has 0 aliphatic rings. The molecule has 0 aliphatic carbocycles. The van der Waals surface area contributed by atoms with Crippen LogP contribution in [0.3, 0.4) is 0 Å². The van der Waals surface area contributed by atoms with Gasteiger partial charge in [0, 0.05) is 23.8 Å². The summed E-state index contributed by atoms with van der Waals surface area (Å²) in [5, 5.41) is 18.6. The van der Waals surface area contributed by atoms with E-state index in [1.807, 2.05) is 43.4 Å². The van der Waals surface area contributed by atoms with Gasteiger partial charge in [-0.15, -0.1) is 0 Å². The molecule has 21 heavy (non-hydrogen) atoms. The molecule has 0 spiro atoms. The minimum atomic E-state index is -0.494. The molecule has 2 aromatic rings. The standard InChI is InChI=1S/C17H17BrN2O/c1-12(21)16-7-6-15(9-17(16)18)20(2)11-14-5-3-4-13(8-14)10-19/h3-9,12,21H,11H2,1-2H3/t12-/m1/s1. The zero-order valence-corrected chi connectivity index (χ0v) is 13.6. The minimum absolute atomic E-state index is 0.494. The predicted molar refractivity (Wildman–Crippen MR) is 88.0 cm³/mol. The molecule has 0 bridgehead atoms. The summed E-state index contributed by atoms with van der Waals surface area (Å²) in [4.78, 5) is 2.10. The van der Waals surface area contributed by atoms with Crippen molar-refractivity contribution in [1.82, 2.24) is 0 Å². The van der Waals surface area contributed by atoms with Gasteiger partial charge in [0.05, 0.1) is 17.7 Å². The Hall–Kier alpha value is -1.83. The maximum atomic E-state index is 9.65. The third-order valence-electron chi connectivity index (χ3n) is 3.35. The third kappa shape index (κ3) is 3.84. The lowest BCUT2D eigenvalue weighted by Crippen LogP contribution is -2.16. The summed E-state index contributed by atoms with van der Waals surface area (Å²) < 4.78 is 0.896. The van der Waals surface area contributed by atoms with Crippen LogP contribution in [0.15, 0.2) is 46.9 Å². The van der Waals surface area contributed by atoms with Gasteiger partial charge in [-0.05, 0) is 42.3 Å². The quantitative estimate of drug-likeness (QED) is 0.911. The second-order valence-corrected chi connectivity index (χ2v) is 5.90. The topological polar surface area (TPSA) is 47.3 Å². The second-order valence-electron chi connectivity index (χ2n) is 5.05. The second kappa shape index (κ2) is 6.75. The number of anilines is 1. The lowest BCUT2D eigenvalue weighted by atomic mass is 10.1. The van der Waals surface area contributed by atoms with Gasteiger partial charge >= 0.3 is 0 Å². The number of halogens is 1. The third-order valence-corrected chi connectivity index (χ3v) is 4.04. The van der Waals surface area contributed by atoms with E-state index in [-0.39, 0.29) is 0 Å². The highest BCUT2D eigenvalue weighted by atomic mass is 79.9. The molecule has 3 nitrogen and oxygen atoms in total. The first kappa shape index (κ1) is 15.6. The number of hydrogen-bond acceptors (Lipinski definition) is 3. The van der Waals surface area contributed by atoms with Crippen LogP contribution < -0.4 is 4.90 Å². The van der Waals surface area contributed by atoms with Gasteiger partial charge in [-0.25, -0.2) is 0 Å². The molecule has 0 radical (unpaired) electrons. The van der Waals surface area contributed by atoms with Crippen LogP contribution in [-0.4, -0.2) is 12.2 Å². The molecule has 0 heterocycles. The Bertz CT molecular complexity index is 677. The van der Waals surface area contributed by atoms with Crippen molar-refractivity contribution in [3.8, 4) is 6.07 Å². The van der Waals surface area contributed by atoms with E-state index in [0.29, 0.717) is 5.56 Å². The largest absolute Gasteiger partial charge is 0.389 e. The number of nitrogens with zero attached hydrogens (tertiary/aromatic N) is 2. The van der Waals surface area contributed by atoms with E-state index in [2.05, 4.69) is 26.9 Å². The highest BCUT2D eigenvalue weighted by Crippen LogP contribution is 2.28. The van der Waals surface area contributed by atoms with Gasteiger partial charge in [0.25, 0.3) is 0 Å². The van der Waals surface area contributed by atoms with Crippen LogP contribution in [0.4, 0.5) is 5.69 Å². The van der Waals surface area contributed by atoms with E-state index in [1.54, 1.807) is 13.0 Å². The molecule has 0 unspecified atom stereocenters. The van der Waals surface area contributed by atoms with Gasteiger partial charge in [0.1, 0.15) is 0 Å². The van der Waals surface area contributed by atoms with Gasteiger partial charge in [-0.1, -0.05) is 34.1 Å². The first-order valence-electron chi connectivity index (χ1n) is 6.69. The van der Waals surface area contributed by atoms with Gasteiger partial charge in [0.15, 0.2) is 0 Å². The zero-order chi connectivity index (χ0) is 15.4. The van der Waals surface area contributed by atoms with Crippen LogP contribution in [0.1, 0.15) is 29.7 Å². The summed E-state index contributed by atoms with van der Waals surface area (Å²) in [5.74, 6) is 0. The number of benzene rings is 2. The summed E-state index contributed by atoms with van der Waals surface area (Å²) in [5.41, 5.74) is 3.69. The molecule has 0 aliphatic heterocycles. The lowest BCUT2D eigenvalue weighted by molar-refractivity contribution is 0.198. The van der Waals surface area contributed by atoms with Crippen molar-refractivity contribution in [3.05, 3.63) is 63.6 Å². The smallest absolute Gasteiger partial charge is 0.0991 e. The van der Waals surface area contributed by atoms with Crippen molar-refractivity contribution >= 4 is 21.6 Å². The maximum absolute atomic E-state index is 9.65. The fraction of sp³-hybridized carbons (Fsp3) is 0.235. The van der Waals surface area contributed by atoms with E-state index < -0.39 is 6.10 Å². The average molecular weight is 345 g/mol. The van der Waals surface area contributed by atoms with Gasteiger partial charge in [-0.3, -0.25) is 0 Å². The Morgan fingerprint density at radius 2 is 2.05 bits per heavy atom. The SMILES string of the molecule is C[C@@H](O)c1ccc(N(C)Cc2cccc(C#N)c2)cc1Br. The molecule has 0 amide bonds. The molecule has 1 atom stereocenters. The molecule has 2 aromatic carbocycles. The predicted octanol–water partition coefficient (Wildman–Crippen LogP) is 4.01. The molecule has 1 N–H and O–H groups in total. The normalized spacial score (nSPS) is 11.8. The summed E-state index contributed by atoms with van der Waals surface area (Å²) in [6, 6.07) is 15.7. The van der Waals surface area contributed by atoms with Crippen LogP contribution in [-0.2, 0) is 6.54 Å². The number of hydrogen-bond donors (Lipinski definition) is 1. The summed E-state index contributed by atoms with van der Waals surface area (Å²) in [7, 11) is 2.00. The van der Waals surface area contributed by atoms with Gasteiger partial charge in [0.2, 0.25) is 0 Å². The number of aliphatic hydroxyl groups excluding tert-OH is 1. The highest BCUT2D eigenvalue weighted by Gasteiger charge is 2.09. The maximum Gasteiger partial charge on any atom is 0.0991 e. The number of aliphatic hydroxyl groups is 1. The first-order chi connectivity index (χ1) is 10.0. The highest BCUT2D eigenvalue weighted by molar-refractivity contribution is 9.10. The lowest BCUT2D eigenvalue weighted by Gasteiger charge is -2.21. The zero-order valence-electron chi connectivity index (χ0n) is 12.0. The van der Waals surface area contributed by atoms with Crippen LogP contribution in [0, 0.1) is 11.3 Å². The molecule has 0 aromatic heterocycles. The Morgan fingerprint density at radius 3 is 2.67 bits per heavy atom. The molecule has 0 fully saturated rings. The van der Waals surface area contributed by atoms with E-state index in [9.17, 15) is 5.11 Å². The number of rotatable bonds is 4. The van der Waals surface area contributed by atoms with Crippen LogP contribution in [0.2, 0.25) is 0 Å². The van der Waals surface area contributed by atoms with E-state index in [1.165, 1.54) is 0 Å². The first-order valence-corrected chi connectivity index (χ1v) is 7.48. The Kier molecular flexibility index (Phi) is 5.00. The Labute approximate surface area is 133 Å². The summed E-state index contributed by atoms with van der Waals surface area (Å²) in [6.07, 6.45) is -0.494. The summed E-state index contributed by atoms with van der Waals surface area (Å²) in [6.45, 7) is 2.47.